The van der Waals surface area contributed by atoms with Gasteiger partial charge in [0, 0.05) is 18.5 Å². The molecule has 1 fully saturated rings. The first kappa shape index (κ1) is 19.7. The molecule has 4 heteroatoms. The Balaban J connectivity index is 1.63. The minimum atomic E-state index is -0.792. The molecule has 4 rings (SSSR count). The molecule has 1 aliphatic heterocycles. The van der Waals surface area contributed by atoms with E-state index in [1.165, 1.54) is 5.56 Å². The van der Waals surface area contributed by atoms with Crippen LogP contribution in [0.4, 0.5) is 0 Å². The van der Waals surface area contributed by atoms with Crippen LogP contribution in [-0.2, 0) is 16.1 Å². The Morgan fingerprint density at radius 2 is 1.62 bits per heavy atom. The zero-order chi connectivity index (χ0) is 20.3. The van der Waals surface area contributed by atoms with Gasteiger partial charge in [-0.25, -0.2) is 4.79 Å². The highest BCUT2D eigenvalue weighted by Gasteiger charge is 2.50. The van der Waals surface area contributed by atoms with Crippen molar-refractivity contribution in [1.82, 2.24) is 5.32 Å². The van der Waals surface area contributed by atoms with Crippen molar-refractivity contribution in [3.8, 4) is 0 Å². The van der Waals surface area contributed by atoms with Crippen molar-refractivity contribution in [2.45, 2.75) is 57.2 Å². The van der Waals surface area contributed by atoms with Crippen LogP contribution in [0.5, 0.6) is 0 Å². The third-order valence-corrected chi connectivity index (χ3v) is 6.34. The van der Waals surface area contributed by atoms with Crippen LogP contribution in [-0.4, -0.2) is 16.7 Å². The van der Waals surface area contributed by atoms with E-state index in [0.29, 0.717) is 25.0 Å². The van der Waals surface area contributed by atoms with E-state index in [0.717, 1.165) is 24.8 Å². The first-order valence-corrected chi connectivity index (χ1v) is 10.6. The predicted octanol–water partition coefficient (Wildman–Crippen LogP) is 5.23. The minimum absolute atomic E-state index is 0.111. The van der Waals surface area contributed by atoms with Gasteiger partial charge in [0.05, 0.1) is 5.57 Å². The number of hydrogen-bond acceptors (Lipinski definition) is 4. The van der Waals surface area contributed by atoms with E-state index in [2.05, 4.69) is 29.6 Å². The molecule has 2 atom stereocenters. The number of aliphatic hydroxyl groups excluding tert-OH is 1. The Hall–Kier alpha value is -2.59. The summed E-state index contributed by atoms with van der Waals surface area (Å²) in [6, 6.07) is 20.2. The molecular weight excluding hydrogens is 362 g/mol. The number of esters is 1. The third-order valence-electron chi connectivity index (χ3n) is 6.34. The number of rotatable bonds is 6. The van der Waals surface area contributed by atoms with Crippen LogP contribution in [0.15, 0.2) is 72.0 Å². The minimum Gasteiger partial charge on any atom is -0.507 e. The van der Waals surface area contributed by atoms with E-state index in [-0.39, 0.29) is 23.7 Å². The zero-order valence-electron chi connectivity index (χ0n) is 16.9. The number of nitrogens with one attached hydrogen (secondary N) is 1. The Morgan fingerprint density at radius 1 is 1.00 bits per heavy atom. The Kier molecular flexibility index (Phi) is 5.72. The SMILES string of the molecule is C[C@H](C1=C(O)C2(CCCCC2)OC1=O)[C@H](NCc1ccccc1)c1ccccc1. The van der Waals surface area contributed by atoms with Crippen LogP contribution >= 0.6 is 0 Å². The molecule has 152 valence electrons. The van der Waals surface area contributed by atoms with E-state index in [1.807, 2.05) is 43.3 Å². The predicted molar refractivity (Wildman–Crippen MR) is 113 cm³/mol. The number of carbonyl (C=O) groups is 1. The molecular formula is C25H29NO3. The maximum absolute atomic E-state index is 12.8. The molecule has 4 nitrogen and oxygen atoms in total. The van der Waals surface area contributed by atoms with Crippen molar-refractivity contribution in [1.29, 1.82) is 0 Å². The molecule has 0 bridgehead atoms. The lowest BCUT2D eigenvalue weighted by molar-refractivity contribution is -0.151. The lowest BCUT2D eigenvalue weighted by Crippen LogP contribution is -2.34. The summed E-state index contributed by atoms with van der Waals surface area (Å²) in [4.78, 5) is 12.8. The Labute approximate surface area is 172 Å². The van der Waals surface area contributed by atoms with Gasteiger partial charge in [0.2, 0.25) is 0 Å². The first-order valence-electron chi connectivity index (χ1n) is 10.6. The number of aliphatic hydroxyl groups is 1. The van der Waals surface area contributed by atoms with Crippen LogP contribution in [0, 0.1) is 5.92 Å². The molecule has 0 amide bonds. The molecule has 0 saturated heterocycles. The largest absolute Gasteiger partial charge is 0.507 e. The highest BCUT2D eigenvalue weighted by molar-refractivity contribution is 5.93. The highest BCUT2D eigenvalue weighted by Crippen LogP contribution is 2.46. The summed E-state index contributed by atoms with van der Waals surface area (Å²) in [6.07, 6.45) is 4.52. The molecule has 2 aromatic rings. The maximum atomic E-state index is 12.8. The molecule has 1 spiro atoms. The van der Waals surface area contributed by atoms with Gasteiger partial charge in [-0.2, -0.15) is 0 Å². The Morgan fingerprint density at radius 3 is 2.28 bits per heavy atom. The molecule has 1 aliphatic carbocycles. The summed E-state index contributed by atoms with van der Waals surface area (Å²) >= 11 is 0. The Bertz CT molecular complexity index is 869. The van der Waals surface area contributed by atoms with Crippen LogP contribution < -0.4 is 5.32 Å². The summed E-state index contributed by atoms with van der Waals surface area (Å²) in [5.41, 5.74) is 1.91. The van der Waals surface area contributed by atoms with E-state index in [9.17, 15) is 9.90 Å². The average Bonchev–Trinajstić information content (AvgIpc) is 2.99. The van der Waals surface area contributed by atoms with Gasteiger partial charge >= 0.3 is 5.97 Å². The number of carbonyl (C=O) groups excluding carboxylic acids is 1. The number of hydrogen-bond donors (Lipinski definition) is 2. The van der Waals surface area contributed by atoms with Crippen LogP contribution in [0.3, 0.4) is 0 Å². The molecule has 1 heterocycles. The number of ether oxygens (including phenoxy) is 1. The monoisotopic (exact) mass is 391 g/mol. The number of benzene rings is 2. The molecule has 2 aromatic carbocycles. The van der Waals surface area contributed by atoms with Gasteiger partial charge in [0.1, 0.15) is 5.76 Å². The third kappa shape index (κ3) is 3.95. The standard InChI is InChI=1S/C25H29NO3/c1-18(21-23(27)25(29-24(21)28)15-9-4-10-16-25)22(20-13-7-3-8-14-20)26-17-19-11-5-2-6-12-19/h2-3,5-8,11-14,18,22,26-27H,4,9-10,15-17H2,1H3/t18-,22+/m1/s1. The summed E-state index contributed by atoms with van der Waals surface area (Å²) in [5, 5.41) is 14.7. The fraction of sp³-hybridized carbons (Fsp3) is 0.400. The van der Waals surface area contributed by atoms with Gasteiger partial charge < -0.3 is 15.2 Å². The lowest BCUT2D eigenvalue weighted by atomic mass is 9.80. The summed E-state index contributed by atoms with van der Waals surface area (Å²) in [7, 11) is 0. The zero-order valence-corrected chi connectivity index (χ0v) is 16.9. The van der Waals surface area contributed by atoms with Crippen molar-refractivity contribution < 1.29 is 14.6 Å². The summed E-state index contributed by atoms with van der Waals surface area (Å²) in [5.74, 6) is -0.411. The molecule has 29 heavy (non-hydrogen) atoms. The topological polar surface area (TPSA) is 58.6 Å². The first-order chi connectivity index (χ1) is 14.1. The van der Waals surface area contributed by atoms with E-state index in [1.54, 1.807) is 0 Å². The van der Waals surface area contributed by atoms with Crippen molar-refractivity contribution in [2.24, 2.45) is 5.92 Å². The smallest absolute Gasteiger partial charge is 0.338 e. The van der Waals surface area contributed by atoms with Gasteiger partial charge in [-0.3, -0.25) is 0 Å². The second kappa shape index (κ2) is 8.42. The van der Waals surface area contributed by atoms with Crippen molar-refractivity contribution >= 4 is 5.97 Å². The molecule has 0 radical (unpaired) electrons. The molecule has 0 aromatic heterocycles. The second-order valence-electron chi connectivity index (χ2n) is 8.25. The van der Waals surface area contributed by atoms with Crippen LogP contribution in [0.2, 0.25) is 0 Å². The van der Waals surface area contributed by atoms with E-state index in [4.69, 9.17) is 4.74 Å². The van der Waals surface area contributed by atoms with Gasteiger partial charge in [0.25, 0.3) is 0 Å². The quantitative estimate of drug-likeness (QED) is 0.663. The summed E-state index contributed by atoms with van der Waals surface area (Å²) in [6.45, 7) is 2.68. The average molecular weight is 392 g/mol. The fourth-order valence-electron chi connectivity index (χ4n) is 4.72. The highest BCUT2D eigenvalue weighted by atomic mass is 16.6. The lowest BCUT2D eigenvalue weighted by Gasteiger charge is -2.31. The van der Waals surface area contributed by atoms with E-state index < -0.39 is 5.60 Å². The van der Waals surface area contributed by atoms with Gasteiger partial charge in [-0.1, -0.05) is 74.0 Å². The van der Waals surface area contributed by atoms with E-state index >= 15 is 0 Å². The van der Waals surface area contributed by atoms with Gasteiger partial charge in [-0.05, 0) is 36.8 Å². The maximum Gasteiger partial charge on any atom is 0.338 e. The molecule has 2 aliphatic rings. The summed E-state index contributed by atoms with van der Waals surface area (Å²) < 4.78 is 5.79. The normalized spacial score (nSPS) is 20.5. The molecule has 0 unspecified atom stereocenters. The fourth-order valence-corrected chi connectivity index (χ4v) is 4.72. The van der Waals surface area contributed by atoms with Gasteiger partial charge in [0.15, 0.2) is 5.60 Å². The second-order valence-corrected chi connectivity index (χ2v) is 8.25. The molecule has 1 saturated carbocycles. The van der Waals surface area contributed by atoms with Crippen LogP contribution in [0.1, 0.15) is 56.2 Å². The van der Waals surface area contributed by atoms with Gasteiger partial charge in [-0.15, -0.1) is 0 Å². The van der Waals surface area contributed by atoms with Crippen LogP contribution in [0.25, 0.3) is 0 Å². The van der Waals surface area contributed by atoms with Crippen molar-refractivity contribution in [3.63, 3.8) is 0 Å². The molecule has 2 N–H and O–H groups in total. The van der Waals surface area contributed by atoms with Crippen molar-refractivity contribution in [3.05, 3.63) is 83.1 Å². The van der Waals surface area contributed by atoms with Crippen molar-refractivity contribution in [2.75, 3.05) is 0 Å².